The SMILES string of the molecule is CCCC[B-](c1ccccc1)(c1ccccc1)c1ccccc1-c1cccc[n+]1C. The number of aromatic nitrogens is 1. The van der Waals surface area contributed by atoms with Crippen molar-refractivity contribution in [3.63, 3.8) is 0 Å². The zero-order valence-corrected chi connectivity index (χ0v) is 18.0. The van der Waals surface area contributed by atoms with E-state index in [1.165, 1.54) is 40.5 Å². The van der Waals surface area contributed by atoms with Crippen LogP contribution in [0.3, 0.4) is 0 Å². The minimum atomic E-state index is -1.10. The Morgan fingerprint density at radius 1 is 0.667 bits per heavy atom. The van der Waals surface area contributed by atoms with Gasteiger partial charge in [-0.2, -0.15) is 22.7 Å². The van der Waals surface area contributed by atoms with Gasteiger partial charge in [-0.15, -0.1) is 0 Å². The molecular formula is C28H30BN. The van der Waals surface area contributed by atoms with Crippen LogP contribution >= 0.6 is 0 Å². The molecule has 1 aromatic heterocycles. The van der Waals surface area contributed by atoms with Crippen molar-refractivity contribution in [3.8, 4) is 11.3 Å². The molecule has 0 saturated carbocycles. The van der Waals surface area contributed by atoms with E-state index in [0.717, 1.165) is 6.32 Å². The highest BCUT2D eigenvalue weighted by molar-refractivity contribution is 7.12. The van der Waals surface area contributed by atoms with Crippen molar-refractivity contribution >= 4 is 22.5 Å². The first kappa shape index (κ1) is 20.2. The summed E-state index contributed by atoms with van der Waals surface area (Å²) in [6, 6.07) is 37.8. The van der Waals surface area contributed by atoms with E-state index in [9.17, 15) is 0 Å². The first-order valence-electron chi connectivity index (χ1n) is 11.1. The van der Waals surface area contributed by atoms with Gasteiger partial charge in [-0.3, -0.25) is 0 Å². The Hall–Kier alpha value is -3.13. The second-order valence-corrected chi connectivity index (χ2v) is 8.29. The maximum atomic E-state index is 2.36. The third kappa shape index (κ3) is 3.70. The third-order valence-electron chi connectivity index (χ3n) is 6.55. The molecule has 1 nitrogen and oxygen atoms in total. The molecule has 1 heterocycles. The van der Waals surface area contributed by atoms with Crippen LogP contribution in [0, 0.1) is 0 Å². The van der Waals surface area contributed by atoms with Crippen LogP contribution in [-0.4, -0.2) is 6.15 Å². The van der Waals surface area contributed by atoms with E-state index in [2.05, 4.69) is 128 Å². The first-order chi connectivity index (χ1) is 14.8. The molecule has 0 aliphatic rings. The van der Waals surface area contributed by atoms with Crippen molar-refractivity contribution < 1.29 is 4.57 Å². The van der Waals surface area contributed by atoms with E-state index in [1.54, 1.807) is 0 Å². The van der Waals surface area contributed by atoms with E-state index in [1.807, 2.05) is 0 Å². The molecule has 30 heavy (non-hydrogen) atoms. The number of benzene rings is 3. The highest BCUT2D eigenvalue weighted by atomic mass is 14.9. The van der Waals surface area contributed by atoms with Crippen molar-refractivity contribution in [2.45, 2.75) is 26.1 Å². The zero-order chi connectivity index (χ0) is 20.8. The molecule has 0 amide bonds. The molecule has 0 fully saturated rings. The largest absolute Gasteiger partial charge is 0.209 e. The molecule has 0 bridgehead atoms. The molecule has 0 radical (unpaired) electrons. The van der Waals surface area contributed by atoms with Crippen molar-refractivity contribution in [2.75, 3.05) is 0 Å². The highest BCUT2D eigenvalue weighted by Gasteiger charge is 2.32. The summed E-state index contributed by atoms with van der Waals surface area (Å²) in [5.74, 6) is 0. The Labute approximate surface area is 181 Å². The molecule has 0 N–H and O–H groups in total. The standard InChI is InChI=1S/C28H30BN/c1-3-4-22-29(24-15-7-5-8-16-24,25-17-9-6-10-18-25)27-20-12-11-19-26(27)28-21-13-14-23-30(28)2/h5-21,23H,3-4,22H2,1-2H3. The molecule has 0 saturated heterocycles. The van der Waals surface area contributed by atoms with E-state index >= 15 is 0 Å². The lowest BCUT2D eigenvalue weighted by molar-refractivity contribution is -0.660. The molecule has 4 aromatic rings. The van der Waals surface area contributed by atoms with Gasteiger partial charge in [0.2, 0.25) is 5.69 Å². The average molecular weight is 391 g/mol. The normalized spacial score (nSPS) is 11.4. The molecule has 2 heteroatoms. The second-order valence-electron chi connectivity index (χ2n) is 8.29. The number of hydrogen-bond donors (Lipinski definition) is 0. The number of nitrogens with zero attached hydrogens (tertiary/aromatic N) is 1. The lowest BCUT2D eigenvalue weighted by Gasteiger charge is -2.44. The van der Waals surface area contributed by atoms with Crippen LogP contribution in [0.15, 0.2) is 109 Å². The van der Waals surface area contributed by atoms with Gasteiger partial charge in [0.15, 0.2) is 6.20 Å². The summed E-state index contributed by atoms with van der Waals surface area (Å²) in [4.78, 5) is 0. The number of aryl methyl sites for hydroxylation is 1. The highest BCUT2D eigenvalue weighted by Crippen LogP contribution is 2.22. The van der Waals surface area contributed by atoms with Gasteiger partial charge in [0.05, 0.1) is 6.15 Å². The summed E-state index contributed by atoms with van der Waals surface area (Å²) in [7, 11) is 2.14. The Balaban J connectivity index is 2.06. The van der Waals surface area contributed by atoms with Crippen molar-refractivity contribution in [3.05, 3.63) is 109 Å². The third-order valence-corrected chi connectivity index (χ3v) is 6.55. The molecule has 0 aliphatic heterocycles. The monoisotopic (exact) mass is 391 g/mol. The number of unbranched alkanes of at least 4 members (excludes halogenated alkanes) is 1. The quantitative estimate of drug-likeness (QED) is 0.324. The maximum absolute atomic E-state index is 2.36. The lowest BCUT2D eigenvalue weighted by Crippen LogP contribution is -2.67. The van der Waals surface area contributed by atoms with Crippen molar-refractivity contribution in [2.24, 2.45) is 7.05 Å². The molecule has 3 aromatic carbocycles. The Morgan fingerprint density at radius 3 is 1.83 bits per heavy atom. The summed E-state index contributed by atoms with van der Waals surface area (Å²) in [6.07, 6.45) is 4.55. The molecule has 0 atom stereocenters. The number of hydrogen-bond acceptors (Lipinski definition) is 0. The Morgan fingerprint density at radius 2 is 1.23 bits per heavy atom. The summed E-state index contributed by atoms with van der Waals surface area (Å²) in [5.41, 5.74) is 6.85. The van der Waals surface area contributed by atoms with Gasteiger partial charge in [-0.05, 0) is 6.07 Å². The van der Waals surface area contributed by atoms with Crippen LogP contribution in [0.25, 0.3) is 11.3 Å². The minimum absolute atomic E-state index is 1.10. The minimum Gasteiger partial charge on any atom is -0.201 e. The van der Waals surface area contributed by atoms with Gasteiger partial charge in [0.25, 0.3) is 0 Å². The van der Waals surface area contributed by atoms with Gasteiger partial charge in [0, 0.05) is 17.7 Å². The second kappa shape index (κ2) is 9.13. The number of rotatable bonds is 7. The van der Waals surface area contributed by atoms with Gasteiger partial charge in [-0.1, -0.05) is 105 Å². The topological polar surface area (TPSA) is 3.88 Å². The average Bonchev–Trinajstić information content (AvgIpc) is 2.82. The van der Waals surface area contributed by atoms with Crippen LogP contribution < -0.4 is 21.0 Å². The maximum Gasteiger partial charge on any atom is 0.209 e. The molecule has 150 valence electrons. The Kier molecular flexibility index (Phi) is 6.14. The number of pyridine rings is 1. The van der Waals surface area contributed by atoms with Gasteiger partial charge in [0.1, 0.15) is 7.05 Å². The molecule has 4 rings (SSSR count). The Bertz CT molecular complexity index is 1050. The van der Waals surface area contributed by atoms with E-state index in [4.69, 9.17) is 0 Å². The zero-order valence-electron chi connectivity index (χ0n) is 18.0. The molecular weight excluding hydrogens is 361 g/mol. The van der Waals surface area contributed by atoms with E-state index in [-0.39, 0.29) is 0 Å². The van der Waals surface area contributed by atoms with Gasteiger partial charge >= 0.3 is 0 Å². The fourth-order valence-corrected chi connectivity index (χ4v) is 5.08. The van der Waals surface area contributed by atoms with Gasteiger partial charge in [-0.25, -0.2) is 4.57 Å². The van der Waals surface area contributed by atoms with Crippen LogP contribution in [-0.2, 0) is 7.05 Å². The summed E-state index contributed by atoms with van der Waals surface area (Å²) in [5, 5.41) is 0. The first-order valence-corrected chi connectivity index (χ1v) is 11.1. The van der Waals surface area contributed by atoms with Crippen LogP contribution in [0.1, 0.15) is 19.8 Å². The predicted octanol–water partition coefficient (Wildman–Crippen LogP) is 4.45. The fraction of sp³-hybridized carbons (Fsp3) is 0.179. The van der Waals surface area contributed by atoms with E-state index < -0.39 is 6.15 Å². The van der Waals surface area contributed by atoms with Crippen molar-refractivity contribution in [1.29, 1.82) is 0 Å². The van der Waals surface area contributed by atoms with E-state index in [0.29, 0.717) is 0 Å². The summed E-state index contributed by atoms with van der Waals surface area (Å²) >= 11 is 0. The molecule has 0 unspecified atom stereocenters. The summed E-state index contributed by atoms with van der Waals surface area (Å²) < 4.78 is 2.23. The lowest BCUT2D eigenvalue weighted by atomic mass is 9.13. The van der Waals surface area contributed by atoms with Gasteiger partial charge < -0.3 is 0 Å². The molecule has 0 aliphatic carbocycles. The summed E-state index contributed by atoms with van der Waals surface area (Å²) in [6.45, 7) is 2.29. The van der Waals surface area contributed by atoms with Crippen LogP contribution in [0.2, 0.25) is 6.32 Å². The van der Waals surface area contributed by atoms with Crippen LogP contribution in [0.4, 0.5) is 0 Å². The molecule has 0 spiro atoms. The predicted molar refractivity (Wildman–Crippen MR) is 130 cm³/mol. The van der Waals surface area contributed by atoms with Crippen molar-refractivity contribution in [1.82, 2.24) is 0 Å². The fourth-order valence-electron chi connectivity index (χ4n) is 5.08. The van der Waals surface area contributed by atoms with Crippen LogP contribution in [0.5, 0.6) is 0 Å². The smallest absolute Gasteiger partial charge is 0.201 e.